The van der Waals surface area contributed by atoms with Gasteiger partial charge in [0.05, 0.1) is 5.02 Å². The van der Waals surface area contributed by atoms with Gasteiger partial charge in [0.2, 0.25) is 0 Å². The van der Waals surface area contributed by atoms with Crippen molar-refractivity contribution >= 4 is 29.3 Å². The van der Waals surface area contributed by atoms with Gasteiger partial charge < -0.3 is 5.11 Å². The van der Waals surface area contributed by atoms with Crippen LogP contribution in [0.25, 0.3) is 0 Å². The van der Waals surface area contributed by atoms with Gasteiger partial charge in [-0.25, -0.2) is 4.39 Å². The molecule has 1 atom stereocenters. The van der Waals surface area contributed by atoms with Crippen LogP contribution in [0.1, 0.15) is 11.1 Å². The summed E-state index contributed by atoms with van der Waals surface area (Å²) in [5, 5.41) is 8.78. The largest absolute Gasteiger partial charge is 0.480 e. The average Bonchev–Trinajstić information content (AvgIpc) is 2.48. The Bertz CT molecular complexity index is 619. The summed E-state index contributed by atoms with van der Waals surface area (Å²) >= 11 is 7.13. The molecule has 0 radical (unpaired) electrons. The van der Waals surface area contributed by atoms with E-state index < -0.39 is 17.0 Å². The third-order valence-electron chi connectivity index (χ3n) is 3.01. The Morgan fingerprint density at radius 3 is 2.57 bits per heavy atom. The Kier molecular flexibility index (Phi) is 5.65. The summed E-state index contributed by atoms with van der Waals surface area (Å²) in [6.45, 7) is 0. The van der Waals surface area contributed by atoms with E-state index in [2.05, 4.69) is 0 Å². The Labute approximate surface area is 131 Å². The van der Waals surface area contributed by atoms with Gasteiger partial charge in [0.1, 0.15) is 11.1 Å². The van der Waals surface area contributed by atoms with E-state index in [-0.39, 0.29) is 5.02 Å². The second-order valence-corrected chi connectivity index (χ2v) is 6.11. The number of rotatable bonds is 6. The molecule has 0 aliphatic heterocycles. The average molecular weight is 325 g/mol. The van der Waals surface area contributed by atoms with E-state index in [1.807, 2.05) is 30.3 Å². The monoisotopic (exact) mass is 324 g/mol. The molecule has 0 saturated carbocycles. The number of thioether (sulfide) groups is 1. The van der Waals surface area contributed by atoms with Crippen LogP contribution in [-0.2, 0) is 17.0 Å². The first-order chi connectivity index (χ1) is 10.1. The summed E-state index contributed by atoms with van der Waals surface area (Å²) in [4.78, 5) is 11.3. The van der Waals surface area contributed by atoms with Gasteiger partial charge in [-0.15, -0.1) is 11.8 Å². The number of hydrogen-bond acceptors (Lipinski definition) is 2. The topological polar surface area (TPSA) is 37.3 Å². The highest BCUT2D eigenvalue weighted by molar-refractivity contribution is 7.99. The van der Waals surface area contributed by atoms with Crippen molar-refractivity contribution in [3.63, 3.8) is 0 Å². The summed E-state index contributed by atoms with van der Waals surface area (Å²) in [7, 11) is 0. The molecule has 0 aliphatic carbocycles. The standard InChI is InChI=1S/C16H14ClFO2S/c17-15-12(7-4-8-13(15)18)10-21-14(16(19)20)9-11-5-2-1-3-6-11/h1-8,14H,9-10H2,(H,19,20). The van der Waals surface area contributed by atoms with Gasteiger partial charge >= 0.3 is 5.97 Å². The molecule has 1 N–H and O–H groups in total. The molecule has 2 aromatic rings. The lowest BCUT2D eigenvalue weighted by Gasteiger charge is -2.13. The predicted octanol–water partition coefficient (Wildman–Crippen LogP) is 4.41. The van der Waals surface area contributed by atoms with Gasteiger partial charge in [0.15, 0.2) is 0 Å². The normalized spacial score (nSPS) is 12.1. The molecule has 110 valence electrons. The minimum Gasteiger partial charge on any atom is -0.480 e. The zero-order chi connectivity index (χ0) is 15.2. The lowest BCUT2D eigenvalue weighted by Crippen LogP contribution is -2.19. The zero-order valence-corrected chi connectivity index (χ0v) is 12.7. The summed E-state index contributed by atoms with van der Waals surface area (Å²) in [5.41, 5.74) is 1.57. The SMILES string of the molecule is O=C(O)C(Cc1ccccc1)SCc1cccc(F)c1Cl. The molecule has 1 unspecified atom stereocenters. The van der Waals surface area contributed by atoms with Crippen LogP contribution in [-0.4, -0.2) is 16.3 Å². The van der Waals surface area contributed by atoms with Crippen LogP contribution in [0.15, 0.2) is 48.5 Å². The van der Waals surface area contributed by atoms with Crippen LogP contribution in [0.3, 0.4) is 0 Å². The Morgan fingerprint density at radius 1 is 1.19 bits per heavy atom. The number of halogens is 2. The zero-order valence-electron chi connectivity index (χ0n) is 11.1. The maximum Gasteiger partial charge on any atom is 0.316 e. The van der Waals surface area contributed by atoms with Gasteiger partial charge in [0.25, 0.3) is 0 Å². The minimum absolute atomic E-state index is 0.0637. The molecule has 0 amide bonds. The maximum atomic E-state index is 13.4. The smallest absolute Gasteiger partial charge is 0.316 e. The van der Waals surface area contributed by atoms with Gasteiger partial charge in [-0.2, -0.15) is 0 Å². The lowest BCUT2D eigenvalue weighted by atomic mass is 10.1. The minimum atomic E-state index is -0.878. The van der Waals surface area contributed by atoms with Crippen molar-refractivity contribution in [1.29, 1.82) is 0 Å². The van der Waals surface area contributed by atoms with Crippen LogP contribution in [0.5, 0.6) is 0 Å². The fraction of sp³-hybridized carbons (Fsp3) is 0.188. The first kappa shape index (κ1) is 15.9. The van der Waals surface area contributed by atoms with Gasteiger partial charge in [-0.1, -0.05) is 54.1 Å². The highest BCUT2D eigenvalue weighted by atomic mass is 35.5. The van der Waals surface area contributed by atoms with Crippen molar-refractivity contribution in [3.05, 3.63) is 70.5 Å². The molecule has 5 heteroatoms. The van der Waals surface area contributed by atoms with Crippen molar-refractivity contribution in [2.24, 2.45) is 0 Å². The highest BCUT2D eigenvalue weighted by Gasteiger charge is 2.19. The molecule has 0 aromatic heterocycles. The fourth-order valence-corrected chi connectivity index (χ4v) is 3.24. The Balaban J connectivity index is 2.04. The number of carboxylic acid groups (broad SMARTS) is 1. The molecular formula is C16H14ClFO2S. The number of carbonyl (C=O) groups is 1. The second-order valence-electron chi connectivity index (χ2n) is 4.54. The molecule has 0 fully saturated rings. The van der Waals surface area contributed by atoms with E-state index in [0.29, 0.717) is 17.7 Å². The van der Waals surface area contributed by atoms with Gasteiger partial charge in [-0.3, -0.25) is 4.79 Å². The number of benzene rings is 2. The molecule has 0 bridgehead atoms. The first-order valence-electron chi connectivity index (χ1n) is 6.39. The van der Waals surface area contributed by atoms with Crippen molar-refractivity contribution < 1.29 is 14.3 Å². The van der Waals surface area contributed by atoms with E-state index in [0.717, 1.165) is 5.56 Å². The third-order valence-corrected chi connectivity index (χ3v) is 4.68. The van der Waals surface area contributed by atoms with Crippen LogP contribution < -0.4 is 0 Å². The highest BCUT2D eigenvalue weighted by Crippen LogP contribution is 2.27. The molecule has 0 heterocycles. The van der Waals surface area contributed by atoms with Gasteiger partial charge in [-0.05, 0) is 23.6 Å². The molecule has 2 rings (SSSR count). The molecule has 21 heavy (non-hydrogen) atoms. The van der Waals surface area contributed by atoms with Crippen LogP contribution in [0.2, 0.25) is 5.02 Å². The van der Waals surface area contributed by atoms with Crippen molar-refractivity contribution in [3.8, 4) is 0 Å². The number of hydrogen-bond donors (Lipinski definition) is 1. The summed E-state index contributed by atoms with van der Waals surface area (Å²) < 4.78 is 13.4. The van der Waals surface area contributed by atoms with Crippen LogP contribution >= 0.6 is 23.4 Å². The number of carboxylic acids is 1. The Hall–Kier alpha value is -1.52. The van der Waals surface area contributed by atoms with E-state index in [1.165, 1.54) is 17.8 Å². The molecular weight excluding hydrogens is 311 g/mol. The fourth-order valence-electron chi connectivity index (χ4n) is 1.90. The van der Waals surface area contributed by atoms with Gasteiger partial charge in [0, 0.05) is 5.75 Å². The van der Waals surface area contributed by atoms with Crippen molar-refractivity contribution in [1.82, 2.24) is 0 Å². The second kappa shape index (κ2) is 7.48. The summed E-state index contributed by atoms with van der Waals surface area (Å²) in [6.07, 6.45) is 0.424. The summed E-state index contributed by atoms with van der Waals surface area (Å²) in [6, 6.07) is 14.0. The van der Waals surface area contributed by atoms with Crippen molar-refractivity contribution in [2.75, 3.05) is 0 Å². The summed E-state index contributed by atoms with van der Waals surface area (Å²) in [5.74, 6) is -0.999. The molecule has 0 aliphatic rings. The lowest BCUT2D eigenvalue weighted by molar-refractivity contribution is -0.136. The maximum absolute atomic E-state index is 13.4. The van der Waals surface area contributed by atoms with Crippen LogP contribution in [0.4, 0.5) is 4.39 Å². The molecule has 2 nitrogen and oxygen atoms in total. The van der Waals surface area contributed by atoms with Crippen LogP contribution in [0, 0.1) is 5.82 Å². The third kappa shape index (κ3) is 4.48. The van der Waals surface area contributed by atoms with E-state index in [4.69, 9.17) is 11.6 Å². The van der Waals surface area contributed by atoms with E-state index in [9.17, 15) is 14.3 Å². The Morgan fingerprint density at radius 2 is 1.90 bits per heavy atom. The van der Waals surface area contributed by atoms with E-state index >= 15 is 0 Å². The molecule has 0 saturated heterocycles. The number of aliphatic carboxylic acids is 1. The van der Waals surface area contributed by atoms with E-state index in [1.54, 1.807) is 12.1 Å². The molecule has 0 spiro atoms. The van der Waals surface area contributed by atoms with Crippen molar-refractivity contribution in [2.45, 2.75) is 17.4 Å². The first-order valence-corrected chi connectivity index (χ1v) is 7.82. The molecule has 2 aromatic carbocycles. The predicted molar refractivity (Wildman–Crippen MR) is 84.3 cm³/mol. The quantitative estimate of drug-likeness (QED) is 0.855.